The van der Waals surface area contributed by atoms with E-state index in [1.165, 1.54) is 0 Å². The normalized spacial score (nSPS) is 29.6. The summed E-state index contributed by atoms with van der Waals surface area (Å²) >= 11 is 0. The molecule has 3 atom stereocenters. The van der Waals surface area contributed by atoms with Gasteiger partial charge in [0.1, 0.15) is 11.6 Å². The van der Waals surface area contributed by atoms with Gasteiger partial charge in [-0.1, -0.05) is 18.2 Å². The smallest absolute Gasteiger partial charge is 0.394 e. The van der Waals surface area contributed by atoms with Crippen LogP contribution in [0.15, 0.2) is 42.5 Å². The fourth-order valence-corrected chi connectivity index (χ4v) is 7.06. The van der Waals surface area contributed by atoms with E-state index in [-0.39, 0.29) is 42.3 Å². The minimum absolute atomic E-state index is 0.0422. The third-order valence-electron chi connectivity index (χ3n) is 8.65. The molecule has 3 aliphatic carbocycles. The number of rotatable bonds is 4. The van der Waals surface area contributed by atoms with Crippen LogP contribution in [-0.2, 0) is 11.2 Å². The van der Waals surface area contributed by atoms with E-state index < -0.39 is 41.3 Å². The summed E-state index contributed by atoms with van der Waals surface area (Å²) in [6.07, 6.45) is -1.87. The van der Waals surface area contributed by atoms with Crippen molar-refractivity contribution in [3.05, 3.63) is 76.5 Å². The molecule has 3 saturated carbocycles. The first-order chi connectivity index (χ1) is 17.5. The quantitative estimate of drug-likeness (QED) is 0.303. The average molecular weight is 517 g/mol. The maximum Gasteiger partial charge on any atom is 0.394 e. The van der Waals surface area contributed by atoms with Gasteiger partial charge in [-0.3, -0.25) is 4.90 Å². The highest BCUT2D eigenvalue weighted by Gasteiger charge is 2.70. The number of aliphatic carboxylic acids is 1. The van der Waals surface area contributed by atoms with E-state index in [0.717, 1.165) is 40.8 Å². The second kappa shape index (κ2) is 8.15. The highest BCUT2D eigenvalue weighted by atomic mass is 19.4. The Hall–Kier alpha value is -3.20. The molecule has 0 radical (unpaired) electrons. The van der Waals surface area contributed by atoms with Crippen LogP contribution >= 0.6 is 0 Å². The van der Waals surface area contributed by atoms with Gasteiger partial charge < -0.3 is 10.1 Å². The maximum atomic E-state index is 15.7. The predicted molar refractivity (Wildman–Crippen MR) is 128 cm³/mol. The molecule has 0 spiro atoms. The number of aromatic amines is 1. The van der Waals surface area contributed by atoms with Crippen LogP contribution in [0, 0.1) is 23.0 Å². The van der Waals surface area contributed by atoms with Crippen LogP contribution in [0.2, 0.25) is 0 Å². The Kier molecular flexibility index (Phi) is 5.32. The van der Waals surface area contributed by atoms with E-state index in [9.17, 15) is 18.0 Å². The summed E-state index contributed by atoms with van der Waals surface area (Å²) < 4.78 is 73.2. The molecule has 194 valence electrons. The maximum absolute atomic E-state index is 15.7. The Balaban J connectivity index is 1.51. The van der Waals surface area contributed by atoms with Gasteiger partial charge in [-0.2, -0.15) is 13.2 Å². The number of hydrogen-bond donors (Lipinski definition) is 2. The number of benzene rings is 2. The lowest BCUT2D eigenvalue weighted by atomic mass is 9.69. The molecule has 1 aliphatic heterocycles. The molecule has 0 saturated heterocycles. The van der Waals surface area contributed by atoms with E-state index in [1.807, 2.05) is 36.1 Å². The Morgan fingerprint density at radius 1 is 1.14 bits per heavy atom. The van der Waals surface area contributed by atoms with Crippen molar-refractivity contribution in [3.8, 4) is 0 Å². The predicted octanol–water partition coefficient (Wildman–Crippen LogP) is 6.61. The van der Waals surface area contributed by atoms with Crippen molar-refractivity contribution >= 4 is 22.9 Å². The minimum atomic E-state index is -4.31. The Bertz CT molecular complexity index is 1410. The number of carboxylic acid groups (broad SMARTS) is 1. The number of fused-ring (bicyclic) bond motifs is 4. The molecule has 37 heavy (non-hydrogen) atoms. The molecule has 2 N–H and O–H groups in total. The Morgan fingerprint density at radius 2 is 1.81 bits per heavy atom. The molecule has 2 heterocycles. The molecule has 0 amide bonds. The second-order valence-electron chi connectivity index (χ2n) is 10.8. The highest BCUT2D eigenvalue weighted by molar-refractivity contribution is 5.86. The van der Waals surface area contributed by atoms with Gasteiger partial charge >= 0.3 is 12.1 Å². The van der Waals surface area contributed by atoms with Gasteiger partial charge in [-0.05, 0) is 73.9 Å². The van der Waals surface area contributed by atoms with Crippen molar-refractivity contribution < 1.29 is 31.9 Å². The molecular weight excluding hydrogens is 491 g/mol. The van der Waals surface area contributed by atoms with Crippen LogP contribution in [0.1, 0.15) is 54.6 Å². The molecule has 1 aromatic heterocycles. The molecule has 3 fully saturated rings. The van der Waals surface area contributed by atoms with E-state index in [4.69, 9.17) is 5.11 Å². The van der Waals surface area contributed by atoms with Crippen LogP contribution in [0.25, 0.3) is 17.0 Å². The molecule has 3 aromatic rings. The summed E-state index contributed by atoms with van der Waals surface area (Å²) in [5.74, 6) is -3.18. The molecule has 2 aromatic carbocycles. The summed E-state index contributed by atoms with van der Waals surface area (Å²) in [4.78, 5) is 16.1. The average Bonchev–Trinajstić information content (AvgIpc) is 3.47. The zero-order chi connectivity index (χ0) is 26.3. The van der Waals surface area contributed by atoms with E-state index >= 15 is 8.78 Å². The SMILES string of the molecule is C[C@@H]1Cc2c([nH]c3ccccc23)[C@@H](c2c(F)cc(/C=C/C(=O)O)cc2F)N1C1CC2(C(F)(F)F)CC1C2. The first kappa shape index (κ1) is 24.2. The first-order valence-electron chi connectivity index (χ1n) is 12.3. The van der Waals surface area contributed by atoms with Crippen LogP contribution in [0.5, 0.6) is 0 Å². The second-order valence-corrected chi connectivity index (χ2v) is 10.8. The van der Waals surface area contributed by atoms with E-state index in [2.05, 4.69) is 4.98 Å². The topological polar surface area (TPSA) is 56.3 Å². The number of halogens is 5. The highest BCUT2D eigenvalue weighted by Crippen LogP contribution is 2.68. The lowest BCUT2D eigenvalue weighted by Crippen LogP contribution is -2.50. The first-order valence-corrected chi connectivity index (χ1v) is 12.3. The van der Waals surface area contributed by atoms with Crippen LogP contribution in [0.4, 0.5) is 22.0 Å². The summed E-state index contributed by atoms with van der Waals surface area (Å²) in [6.45, 7) is 1.91. The van der Waals surface area contributed by atoms with Gasteiger partial charge in [-0.25, -0.2) is 13.6 Å². The van der Waals surface area contributed by atoms with Crippen molar-refractivity contribution in [1.82, 2.24) is 9.88 Å². The third kappa shape index (κ3) is 3.61. The number of para-hydroxylation sites is 1. The van der Waals surface area contributed by atoms with E-state index in [0.29, 0.717) is 12.1 Å². The number of nitrogens with one attached hydrogen (secondary N) is 1. The number of aromatic nitrogens is 1. The lowest BCUT2D eigenvalue weighted by molar-refractivity contribution is -0.244. The van der Waals surface area contributed by atoms with Crippen LogP contribution in [0.3, 0.4) is 0 Å². The number of nitrogens with zero attached hydrogens (tertiary/aromatic N) is 1. The molecule has 4 aliphatic rings. The molecule has 4 nitrogen and oxygen atoms in total. The molecule has 7 rings (SSSR count). The van der Waals surface area contributed by atoms with Gasteiger partial charge in [0, 0.05) is 40.3 Å². The lowest BCUT2D eigenvalue weighted by Gasteiger charge is -2.46. The van der Waals surface area contributed by atoms with Crippen molar-refractivity contribution in [1.29, 1.82) is 0 Å². The van der Waals surface area contributed by atoms with Crippen molar-refractivity contribution in [2.75, 3.05) is 0 Å². The number of carboxylic acids is 1. The van der Waals surface area contributed by atoms with Gasteiger partial charge in [-0.15, -0.1) is 0 Å². The number of carbonyl (C=O) groups is 1. The summed E-state index contributed by atoms with van der Waals surface area (Å²) in [5.41, 5.74) is 0.390. The zero-order valence-corrected chi connectivity index (χ0v) is 19.9. The van der Waals surface area contributed by atoms with Crippen molar-refractivity contribution in [2.24, 2.45) is 11.3 Å². The number of hydrogen-bond acceptors (Lipinski definition) is 2. The van der Waals surface area contributed by atoms with Gasteiger partial charge in [0.25, 0.3) is 0 Å². The number of alkyl halides is 3. The van der Waals surface area contributed by atoms with Gasteiger partial charge in [0.05, 0.1) is 11.5 Å². The standard InChI is InChI=1S/C28H25F5N2O2/c1-14-8-18-17-4-2-3-5-21(17)34-25(18)26(24-19(29)9-15(10-20(24)30)6-7-23(36)37)35(14)22-13-27(28(31,32)33)11-16(22)12-27/h2-7,9-10,14,16,22,26,34H,8,11-13H2,1H3,(H,36,37)/b7-6+/t14-,16?,22?,26-,27?/m1/s1. The van der Waals surface area contributed by atoms with Crippen molar-refractivity contribution in [3.63, 3.8) is 0 Å². The monoisotopic (exact) mass is 516 g/mol. The van der Waals surface area contributed by atoms with Gasteiger partial charge in [0.15, 0.2) is 0 Å². The summed E-state index contributed by atoms with van der Waals surface area (Å²) in [6, 6.07) is 8.02. The van der Waals surface area contributed by atoms with Crippen LogP contribution in [-0.4, -0.2) is 39.2 Å². The summed E-state index contributed by atoms with van der Waals surface area (Å²) in [7, 11) is 0. The largest absolute Gasteiger partial charge is 0.478 e. The molecule has 9 heteroatoms. The molecular formula is C28H25F5N2O2. The zero-order valence-electron chi connectivity index (χ0n) is 19.9. The van der Waals surface area contributed by atoms with Crippen molar-refractivity contribution in [2.45, 2.75) is 56.9 Å². The Labute approximate surface area is 209 Å². The molecule has 2 bridgehead atoms. The third-order valence-corrected chi connectivity index (χ3v) is 8.65. The summed E-state index contributed by atoms with van der Waals surface area (Å²) in [5, 5.41) is 9.81. The van der Waals surface area contributed by atoms with Gasteiger partial charge in [0.2, 0.25) is 0 Å². The van der Waals surface area contributed by atoms with E-state index in [1.54, 1.807) is 0 Å². The Morgan fingerprint density at radius 3 is 2.43 bits per heavy atom. The van der Waals surface area contributed by atoms with Crippen LogP contribution < -0.4 is 0 Å². The number of H-pyrrole nitrogens is 1. The minimum Gasteiger partial charge on any atom is -0.478 e. The fraction of sp³-hybridized carbons (Fsp3) is 0.393. The molecule has 1 unspecified atom stereocenters. The fourth-order valence-electron chi connectivity index (χ4n) is 7.06.